The number of ether oxygens (including phenoxy) is 1. The molecule has 1 aliphatic heterocycles. The monoisotopic (exact) mass is 372 g/mol. The summed E-state index contributed by atoms with van der Waals surface area (Å²) in [7, 11) is 0. The molecule has 1 saturated heterocycles. The number of ketones is 1. The third kappa shape index (κ3) is 4.71. The summed E-state index contributed by atoms with van der Waals surface area (Å²) in [6.07, 6.45) is 2.04. The summed E-state index contributed by atoms with van der Waals surface area (Å²) in [6.45, 7) is 2.14. The summed E-state index contributed by atoms with van der Waals surface area (Å²) in [4.78, 5) is 27.9. The number of carbonyl (C=O) groups excluding carboxylic acids is 2. The van der Waals surface area contributed by atoms with E-state index in [4.69, 9.17) is 10.5 Å². The van der Waals surface area contributed by atoms with Gasteiger partial charge in [-0.15, -0.1) is 11.3 Å². The highest BCUT2D eigenvalue weighted by molar-refractivity contribution is 7.12. The van der Waals surface area contributed by atoms with Crippen LogP contribution in [-0.4, -0.2) is 42.8 Å². The molecule has 2 N–H and O–H groups in total. The van der Waals surface area contributed by atoms with Crippen LogP contribution in [-0.2, 0) is 11.2 Å². The fraction of sp³-hybridized carbons (Fsp3) is 0.400. The summed E-state index contributed by atoms with van der Waals surface area (Å²) in [5, 5.41) is 1.92. The lowest BCUT2D eigenvalue weighted by Gasteiger charge is -2.32. The highest BCUT2D eigenvalue weighted by Crippen LogP contribution is 2.24. The van der Waals surface area contributed by atoms with E-state index in [9.17, 15) is 9.59 Å². The van der Waals surface area contributed by atoms with Gasteiger partial charge in [-0.05, 0) is 42.0 Å². The van der Waals surface area contributed by atoms with E-state index in [2.05, 4.69) is 0 Å². The number of nitrogens with two attached hydrogens (primary N) is 1. The molecule has 1 aromatic heterocycles. The molecule has 138 valence electrons. The van der Waals surface area contributed by atoms with Crippen molar-refractivity contribution >= 4 is 23.0 Å². The molecule has 26 heavy (non-hydrogen) atoms. The zero-order valence-electron chi connectivity index (χ0n) is 14.7. The van der Waals surface area contributed by atoms with Crippen LogP contribution in [0.4, 0.5) is 0 Å². The van der Waals surface area contributed by atoms with Gasteiger partial charge >= 0.3 is 0 Å². The first-order valence-electron chi connectivity index (χ1n) is 8.94. The Morgan fingerprint density at radius 3 is 2.92 bits per heavy atom. The van der Waals surface area contributed by atoms with Crippen LogP contribution in [0, 0.1) is 5.92 Å². The van der Waals surface area contributed by atoms with Crippen LogP contribution in [0.25, 0.3) is 0 Å². The van der Waals surface area contributed by atoms with E-state index in [1.807, 2.05) is 46.7 Å². The summed E-state index contributed by atoms with van der Waals surface area (Å²) >= 11 is 1.47. The van der Waals surface area contributed by atoms with Crippen molar-refractivity contribution in [1.82, 2.24) is 4.90 Å². The molecular formula is C20H24N2O3S. The molecule has 2 aromatic rings. The normalized spacial score (nSPS) is 17.1. The average molecular weight is 372 g/mol. The molecule has 6 heteroatoms. The first kappa shape index (κ1) is 18.6. The number of benzene rings is 1. The molecule has 5 nitrogen and oxygen atoms in total. The first-order valence-corrected chi connectivity index (χ1v) is 9.82. The number of hydrogen-bond donors (Lipinski definition) is 1. The third-order valence-electron chi connectivity index (χ3n) is 4.55. The van der Waals surface area contributed by atoms with Gasteiger partial charge in [0.25, 0.3) is 0 Å². The van der Waals surface area contributed by atoms with Crippen molar-refractivity contribution in [3.8, 4) is 5.75 Å². The Morgan fingerprint density at radius 2 is 2.15 bits per heavy atom. The Balaban J connectivity index is 1.60. The summed E-state index contributed by atoms with van der Waals surface area (Å²) in [5.74, 6) is 0.857. The topological polar surface area (TPSA) is 72.6 Å². The zero-order valence-corrected chi connectivity index (χ0v) is 15.5. The largest absolute Gasteiger partial charge is 0.492 e. The molecule has 1 atom stereocenters. The summed E-state index contributed by atoms with van der Waals surface area (Å²) < 4.78 is 5.52. The highest BCUT2D eigenvalue weighted by atomic mass is 32.1. The second-order valence-corrected chi connectivity index (χ2v) is 7.43. The van der Waals surface area contributed by atoms with Crippen LogP contribution >= 0.6 is 11.3 Å². The van der Waals surface area contributed by atoms with Crippen LogP contribution in [0.3, 0.4) is 0 Å². The molecule has 2 heterocycles. The summed E-state index contributed by atoms with van der Waals surface area (Å²) in [6, 6.07) is 11.3. The number of rotatable bonds is 7. The Bertz CT molecular complexity index is 745. The molecule has 0 bridgehead atoms. The van der Waals surface area contributed by atoms with Gasteiger partial charge in [0.2, 0.25) is 5.91 Å². The van der Waals surface area contributed by atoms with Crippen molar-refractivity contribution < 1.29 is 14.3 Å². The van der Waals surface area contributed by atoms with Gasteiger partial charge < -0.3 is 15.4 Å². The van der Waals surface area contributed by atoms with Gasteiger partial charge in [0.1, 0.15) is 12.4 Å². The molecule has 0 spiro atoms. The van der Waals surface area contributed by atoms with Crippen LogP contribution in [0.1, 0.15) is 28.1 Å². The Labute approximate surface area is 157 Å². The van der Waals surface area contributed by atoms with Gasteiger partial charge in [-0.1, -0.05) is 18.2 Å². The average Bonchev–Trinajstić information content (AvgIpc) is 3.21. The fourth-order valence-electron chi connectivity index (χ4n) is 3.25. The number of Topliss-reactive ketones (excluding diaryl/α,β-unsaturated/α-hetero) is 1. The van der Waals surface area contributed by atoms with Gasteiger partial charge in [-0.2, -0.15) is 0 Å². The second-order valence-electron chi connectivity index (χ2n) is 6.48. The number of carbonyl (C=O) groups is 2. The Hall–Kier alpha value is -2.18. The number of piperidine rings is 1. The number of hydrogen-bond acceptors (Lipinski definition) is 5. The van der Waals surface area contributed by atoms with Gasteiger partial charge in [-0.3, -0.25) is 9.59 Å². The predicted octanol–water partition coefficient (Wildman–Crippen LogP) is 2.75. The van der Waals surface area contributed by atoms with Crippen molar-refractivity contribution in [3.05, 3.63) is 52.2 Å². The van der Waals surface area contributed by atoms with Gasteiger partial charge in [0, 0.05) is 25.6 Å². The maximum absolute atomic E-state index is 12.7. The van der Waals surface area contributed by atoms with Gasteiger partial charge in [0.05, 0.1) is 11.3 Å². The third-order valence-corrected chi connectivity index (χ3v) is 5.43. The van der Waals surface area contributed by atoms with E-state index in [0.717, 1.165) is 35.6 Å². The maximum Gasteiger partial charge on any atom is 0.227 e. The van der Waals surface area contributed by atoms with Crippen molar-refractivity contribution in [2.45, 2.75) is 19.3 Å². The van der Waals surface area contributed by atoms with E-state index in [0.29, 0.717) is 26.1 Å². The number of thiophene rings is 1. The predicted molar refractivity (Wildman–Crippen MR) is 103 cm³/mol. The first-order chi connectivity index (χ1) is 12.7. The lowest BCUT2D eigenvalue weighted by Crippen LogP contribution is -2.42. The molecule has 1 aliphatic rings. The molecule has 1 fully saturated rings. The lowest BCUT2D eigenvalue weighted by molar-refractivity contribution is -0.131. The molecule has 0 aliphatic carbocycles. The van der Waals surface area contributed by atoms with Crippen LogP contribution in [0.2, 0.25) is 0 Å². The molecule has 0 unspecified atom stereocenters. The smallest absolute Gasteiger partial charge is 0.227 e. The number of likely N-dealkylation sites (tertiary alicyclic amines) is 1. The van der Waals surface area contributed by atoms with Gasteiger partial charge in [0.15, 0.2) is 5.78 Å². The van der Waals surface area contributed by atoms with E-state index in [1.54, 1.807) is 0 Å². The van der Waals surface area contributed by atoms with E-state index in [1.165, 1.54) is 11.3 Å². The minimum absolute atomic E-state index is 0.0599. The Kier molecular flexibility index (Phi) is 6.41. The molecular weight excluding hydrogens is 348 g/mol. The number of amides is 1. The quantitative estimate of drug-likeness (QED) is 0.759. The SMILES string of the molecule is NCCOc1cccc(CC(=O)N2CCC[C@@H](C(=O)c3cccs3)C2)c1. The minimum atomic E-state index is -0.0921. The van der Waals surface area contributed by atoms with Crippen molar-refractivity contribution in [2.75, 3.05) is 26.2 Å². The standard InChI is InChI=1S/C20H24N2O3S/c21-8-10-25-17-6-1-4-15(12-17)13-19(23)22-9-2-5-16(14-22)20(24)18-7-3-11-26-18/h1,3-4,6-7,11-12,16H,2,5,8-10,13-14,21H2/t16-/m1/s1. The second kappa shape index (κ2) is 8.96. The van der Waals surface area contributed by atoms with E-state index < -0.39 is 0 Å². The fourth-order valence-corrected chi connectivity index (χ4v) is 3.99. The molecule has 0 saturated carbocycles. The molecule has 1 amide bonds. The number of nitrogens with zero attached hydrogens (tertiary/aromatic N) is 1. The molecule has 0 radical (unpaired) electrons. The molecule has 1 aromatic carbocycles. The van der Waals surface area contributed by atoms with E-state index in [-0.39, 0.29) is 17.6 Å². The Morgan fingerprint density at radius 1 is 1.27 bits per heavy atom. The van der Waals surface area contributed by atoms with Crippen LogP contribution < -0.4 is 10.5 Å². The van der Waals surface area contributed by atoms with Gasteiger partial charge in [-0.25, -0.2) is 0 Å². The van der Waals surface area contributed by atoms with Crippen molar-refractivity contribution in [2.24, 2.45) is 11.7 Å². The maximum atomic E-state index is 12.7. The van der Waals surface area contributed by atoms with Crippen LogP contribution in [0.5, 0.6) is 5.75 Å². The molecule has 3 rings (SSSR count). The van der Waals surface area contributed by atoms with Crippen molar-refractivity contribution in [3.63, 3.8) is 0 Å². The zero-order chi connectivity index (χ0) is 18.4. The van der Waals surface area contributed by atoms with Crippen molar-refractivity contribution in [1.29, 1.82) is 0 Å². The van der Waals surface area contributed by atoms with E-state index >= 15 is 0 Å². The van der Waals surface area contributed by atoms with Crippen LogP contribution in [0.15, 0.2) is 41.8 Å². The lowest BCUT2D eigenvalue weighted by atomic mass is 9.92. The highest BCUT2D eigenvalue weighted by Gasteiger charge is 2.29. The minimum Gasteiger partial charge on any atom is -0.492 e. The summed E-state index contributed by atoms with van der Waals surface area (Å²) in [5.41, 5.74) is 6.37.